The first-order chi connectivity index (χ1) is 12.6. The fourth-order valence-corrected chi connectivity index (χ4v) is 3.18. The van der Waals surface area contributed by atoms with E-state index in [4.69, 9.17) is 5.11 Å². The highest BCUT2D eigenvalue weighted by Gasteiger charge is 2.15. The highest BCUT2D eigenvalue weighted by molar-refractivity contribution is 6.22. The standard InChI is InChI=1S/C22H15NO3/c24-21(23-17-9-5-8-16(13-17)22(25)26)20-18-10-3-1-6-14(18)12-15-7-2-4-11-19(15)20/h1-13H,(H,23,24)(H,25,26). The van der Waals surface area contributed by atoms with Gasteiger partial charge in [0.05, 0.1) is 11.1 Å². The van der Waals surface area contributed by atoms with E-state index in [1.807, 2.05) is 48.5 Å². The van der Waals surface area contributed by atoms with E-state index in [0.29, 0.717) is 11.3 Å². The second-order valence-corrected chi connectivity index (χ2v) is 6.03. The molecule has 0 fully saturated rings. The van der Waals surface area contributed by atoms with E-state index in [1.54, 1.807) is 12.1 Å². The molecule has 0 saturated heterocycles. The second-order valence-electron chi connectivity index (χ2n) is 6.03. The van der Waals surface area contributed by atoms with E-state index in [0.717, 1.165) is 21.5 Å². The second kappa shape index (κ2) is 6.33. The molecule has 0 saturated carbocycles. The monoisotopic (exact) mass is 341 g/mol. The lowest BCUT2D eigenvalue weighted by molar-refractivity contribution is 0.0696. The van der Waals surface area contributed by atoms with Crippen LogP contribution in [0.2, 0.25) is 0 Å². The summed E-state index contributed by atoms with van der Waals surface area (Å²) in [7, 11) is 0. The van der Waals surface area contributed by atoms with E-state index in [1.165, 1.54) is 12.1 Å². The first-order valence-electron chi connectivity index (χ1n) is 8.19. The number of rotatable bonds is 3. The van der Waals surface area contributed by atoms with Gasteiger partial charge >= 0.3 is 5.97 Å². The average molecular weight is 341 g/mol. The van der Waals surface area contributed by atoms with Gasteiger partial charge in [0.25, 0.3) is 5.91 Å². The van der Waals surface area contributed by atoms with Crippen molar-refractivity contribution in [2.45, 2.75) is 0 Å². The lowest BCUT2D eigenvalue weighted by Gasteiger charge is -2.12. The molecule has 4 nitrogen and oxygen atoms in total. The van der Waals surface area contributed by atoms with E-state index in [9.17, 15) is 9.59 Å². The highest BCUT2D eigenvalue weighted by Crippen LogP contribution is 2.29. The molecule has 26 heavy (non-hydrogen) atoms. The number of carbonyl (C=O) groups excluding carboxylic acids is 1. The normalized spacial score (nSPS) is 10.8. The van der Waals surface area contributed by atoms with Crippen molar-refractivity contribution in [3.05, 3.63) is 90.0 Å². The van der Waals surface area contributed by atoms with E-state index >= 15 is 0 Å². The minimum Gasteiger partial charge on any atom is -0.478 e. The summed E-state index contributed by atoms with van der Waals surface area (Å²) in [4.78, 5) is 24.2. The molecule has 0 atom stereocenters. The number of amides is 1. The molecular weight excluding hydrogens is 326 g/mol. The van der Waals surface area contributed by atoms with Crippen LogP contribution in [0.15, 0.2) is 78.9 Å². The topological polar surface area (TPSA) is 66.4 Å². The smallest absolute Gasteiger partial charge is 0.335 e. The molecule has 4 aromatic rings. The summed E-state index contributed by atoms with van der Waals surface area (Å²) in [5.41, 5.74) is 1.16. The Bertz CT molecular complexity index is 1110. The molecular formula is C22H15NO3. The number of anilines is 1. The predicted octanol–water partition coefficient (Wildman–Crippen LogP) is 4.94. The van der Waals surface area contributed by atoms with Gasteiger partial charge in [0.15, 0.2) is 0 Å². The maximum absolute atomic E-state index is 13.1. The largest absolute Gasteiger partial charge is 0.478 e. The van der Waals surface area contributed by atoms with Crippen LogP contribution < -0.4 is 5.32 Å². The van der Waals surface area contributed by atoms with Crippen LogP contribution in [-0.2, 0) is 0 Å². The lowest BCUT2D eigenvalue weighted by atomic mass is 9.96. The van der Waals surface area contributed by atoms with Crippen molar-refractivity contribution in [2.75, 3.05) is 5.32 Å². The lowest BCUT2D eigenvalue weighted by Crippen LogP contribution is -2.13. The number of nitrogens with one attached hydrogen (secondary N) is 1. The van der Waals surface area contributed by atoms with Gasteiger partial charge in [-0.2, -0.15) is 0 Å². The Hall–Kier alpha value is -3.66. The summed E-state index contributed by atoms with van der Waals surface area (Å²) in [5.74, 6) is -1.29. The van der Waals surface area contributed by atoms with Gasteiger partial charge in [-0.05, 0) is 45.8 Å². The van der Waals surface area contributed by atoms with Gasteiger partial charge < -0.3 is 10.4 Å². The van der Waals surface area contributed by atoms with Gasteiger partial charge in [-0.15, -0.1) is 0 Å². The van der Waals surface area contributed by atoms with Gasteiger partial charge in [0.2, 0.25) is 0 Å². The Kier molecular flexibility index (Phi) is 3.86. The van der Waals surface area contributed by atoms with Crippen LogP contribution >= 0.6 is 0 Å². The minimum absolute atomic E-state index is 0.130. The zero-order valence-corrected chi connectivity index (χ0v) is 13.8. The summed E-state index contributed by atoms with van der Waals surface area (Å²) < 4.78 is 0. The summed E-state index contributed by atoms with van der Waals surface area (Å²) >= 11 is 0. The van der Waals surface area contributed by atoms with Crippen molar-refractivity contribution in [3.63, 3.8) is 0 Å². The van der Waals surface area contributed by atoms with Crippen molar-refractivity contribution < 1.29 is 14.7 Å². The van der Waals surface area contributed by atoms with Crippen LogP contribution in [0, 0.1) is 0 Å². The van der Waals surface area contributed by atoms with Gasteiger partial charge in [-0.25, -0.2) is 4.79 Å². The van der Waals surface area contributed by atoms with E-state index in [2.05, 4.69) is 11.4 Å². The third kappa shape index (κ3) is 2.78. The Balaban J connectivity index is 1.85. The molecule has 0 aliphatic carbocycles. The van der Waals surface area contributed by atoms with Gasteiger partial charge in [-0.3, -0.25) is 4.79 Å². The number of hydrogen-bond acceptors (Lipinski definition) is 2. The van der Waals surface area contributed by atoms with Gasteiger partial charge in [-0.1, -0.05) is 54.6 Å². The summed E-state index contributed by atoms with van der Waals surface area (Å²) in [5, 5.41) is 15.6. The van der Waals surface area contributed by atoms with E-state index < -0.39 is 5.97 Å². The Morgan fingerprint density at radius 1 is 0.731 bits per heavy atom. The zero-order chi connectivity index (χ0) is 18.1. The number of benzene rings is 4. The van der Waals surface area contributed by atoms with Crippen LogP contribution in [0.25, 0.3) is 21.5 Å². The molecule has 0 aromatic heterocycles. The highest BCUT2D eigenvalue weighted by atomic mass is 16.4. The van der Waals surface area contributed by atoms with Crippen LogP contribution in [0.1, 0.15) is 20.7 Å². The molecule has 4 rings (SSSR count). The van der Waals surface area contributed by atoms with Crippen molar-refractivity contribution in [3.8, 4) is 0 Å². The summed E-state index contributed by atoms with van der Waals surface area (Å²) in [6.07, 6.45) is 0. The molecule has 0 heterocycles. The SMILES string of the molecule is O=C(O)c1cccc(NC(=O)c2c3ccccc3cc3ccccc23)c1. The molecule has 0 bridgehead atoms. The zero-order valence-electron chi connectivity index (χ0n) is 13.8. The van der Waals surface area contributed by atoms with Gasteiger partial charge in [0.1, 0.15) is 0 Å². The molecule has 0 aliphatic heterocycles. The molecule has 0 spiro atoms. The summed E-state index contributed by atoms with van der Waals surface area (Å²) in [6.45, 7) is 0. The molecule has 1 amide bonds. The van der Waals surface area contributed by atoms with Crippen LogP contribution in [0.3, 0.4) is 0 Å². The third-order valence-electron chi connectivity index (χ3n) is 4.37. The molecule has 4 heteroatoms. The molecule has 0 unspecified atom stereocenters. The first-order valence-corrected chi connectivity index (χ1v) is 8.19. The Morgan fingerprint density at radius 3 is 1.96 bits per heavy atom. The number of carboxylic acids is 1. The van der Waals surface area contributed by atoms with Crippen LogP contribution in [-0.4, -0.2) is 17.0 Å². The fraction of sp³-hybridized carbons (Fsp3) is 0. The molecule has 126 valence electrons. The van der Waals surface area contributed by atoms with Crippen LogP contribution in [0.5, 0.6) is 0 Å². The maximum atomic E-state index is 13.1. The third-order valence-corrected chi connectivity index (χ3v) is 4.37. The van der Waals surface area contributed by atoms with Crippen molar-refractivity contribution in [2.24, 2.45) is 0 Å². The Labute approximate surface area is 149 Å². The predicted molar refractivity (Wildman–Crippen MR) is 103 cm³/mol. The summed E-state index contributed by atoms with van der Waals surface area (Å²) in [6, 6.07) is 23.8. The number of aromatic carboxylic acids is 1. The number of fused-ring (bicyclic) bond motifs is 2. The quantitative estimate of drug-likeness (QED) is 0.519. The number of carbonyl (C=O) groups is 2. The Morgan fingerprint density at radius 2 is 1.35 bits per heavy atom. The van der Waals surface area contributed by atoms with Crippen molar-refractivity contribution in [1.29, 1.82) is 0 Å². The van der Waals surface area contributed by atoms with Crippen LogP contribution in [0.4, 0.5) is 5.69 Å². The fourth-order valence-electron chi connectivity index (χ4n) is 3.18. The number of hydrogen-bond donors (Lipinski definition) is 2. The molecule has 0 radical (unpaired) electrons. The molecule has 2 N–H and O–H groups in total. The maximum Gasteiger partial charge on any atom is 0.335 e. The minimum atomic E-state index is -1.03. The van der Waals surface area contributed by atoms with E-state index in [-0.39, 0.29) is 11.5 Å². The van der Waals surface area contributed by atoms with Gasteiger partial charge in [0, 0.05) is 5.69 Å². The average Bonchev–Trinajstić information content (AvgIpc) is 2.66. The number of carboxylic acid groups (broad SMARTS) is 1. The molecule has 0 aliphatic rings. The molecule has 4 aromatic carbocycles. The van der Waals surface area contributed by atoms with Crippen molar-refractivity contribution in [1.82, 2.24) is 0 Å². The first kappa shape index (κ1) is 15.8. The van der Waals surface area contributed by atoms with Crippen molar-refractivity contribution >= 4 is 39.1 Å².